The van der Waals surface area contributed by atoms with Crippen molar-refractivity contribution >= 4 is 30.7 Å². The highest BCUT2D eigenvalue weighted by molar-refractivity contribution is 5.85. The molecule has 1 amide bonds. The van der Waals surface area contributed by atoms with Crippen molar-refractivity contribution in [2.45, 2.75) is 51.5 Å². The van der Waals surface area contributed by atoms with E-state index in [4.69, 9.17) is 0 Å². The van der Waals surface area contributed by atoms with Crippen molar-refractivity contribution in [1.29, 1.82) is 0 Å². The summed E-state index contributed by atoms with van der Waals surface area (Å²) in [4.78, 5) is 14.7. The Bertz CT molecular complexity index is 278. The van der Waals surface area contributed by atoms with Crippen LogP contribution in [0, 0.1) is 5.92 Å². The number of piperidine rings is 2. The average molecular weight is 340 g/mol. The fourth-order valence-corrected chi connectivity index (χ4v) is 3.08. The molecule has 0 aliphatic carbocycles. The van der Waals surface area contributed by atoms with Gasteiger partial charge in [-0.2, -0.15) is 0 Å². The van der Waals surface area contributed by atoms with Gasteiger partial charge in [0.05, 0.1) is 5.92 Å². The van der Waals surface area contributed by atoms with Crippen molar-refractivity contribution < 1.29 is 4.79 Å². The summed E-state index contributed by atoms with van der Waals surface area (Å²) in [5.41, 5.74) is 0. The van der Waals surface area contributed by atoms with Gasteiger partial charge in [0.2, 0.25) is 5.91 Å². The number of carbonyl (C=O) groups excluding carboxylic acids is 1. The summed E-state index contributed by atoms with van der Waals surface area (Å²) in [6.45, 7) is 7.69. The minimum atomic E-state index is 0. The van der Waals surface area contributed by atoms with E-state index in [0.29, 0.717) is 6.04 Å². The van der Waals surface area contributed by atoms with Gasteiger partial charge in [-0.15, -0.1) is 24.8 Å². The molecule has 2 aliphatic rings. The molecule has 126 valence electrons. The van der Waals surface area contributed by atoms with E-state index in [2.05, 4.69) is 22.5 Å². The number of halogens is 2. The molecule has 21 heavy (non-hydrogen) atoms. The van der Waals surface area contributed by atoms with E-state index in [0.717, 1.165) is 51.9 Å². The van der Waals surface area contributed by atoms with E-state index in [1.54, 1.807) is 0 Å². The van der Waals surface area contributed by atoms with Gasteiger partial charge in [0.25, 0.3) is 0 Å². The van der Waals surface area contributed by atoms with Crippen LogP contribution in [-0.2, 0) is 4.79 Å². The van der Waals surface area contributed by atoms with Gasteiger partial charge in [-0.1, -0.05) is 13.3 Å². The third kappa shape index (κ3) is 7.18. The number of carbonyl (C=O) groups is 1. The maximum Gasteiger partial charge on any atom is 0.224 e. The van der Waals surface area contributed by atoms with Crippen molar-refractivity contribution in [3.63, 3.8) is 0 Å². The molecule has 4 nitrogen and oxygen atoms in total. The number of unbranched alkanes of at least 4 members (excludes halogenated alkanes) is 1. The van der Waals surface area contributed by atoms with Crippen LogP contribution in [0.3, 0.4) is 0 Å². The molecule has 2 aliphatic heterocycles. The van der Waals surface area contributed by atoms with Crippen LogP contribution in [0.4, 0.5) is 0 Å². The van der Waals surface area contributed by atoms with Crippen LogP contribution in [0.1, 0.15) is 45.4 Å². The van der Waals surface area contributed by atoms with Gasteiger partial charge < -0.3 is 15.5 Å². The number of likely N-dealkylation sites (tertiary alicyclic amines) is 1. The van der Waals surface area contributed by atoms with Crippen LogP contribution in [0.15, 0.2) is 0 Å². The maximum atomic E-state index is 12.2. The van der Waals surface area contributed by atoms with Gasteiger partial charge in [-0.3, -0.25) is 4.79 Å². The lowest BCUT2D eigenvalue weighted by Crippen LogP contribution is -2.48. The number of rotatable bonds is 5. The summed E-state index contributed by atoms with van der Waals surface area (Å²) in [5, 5.41) is 6.57. The zero-order valence-corrected chi connectivity index (χ0v) is 14.7. The Hall–Kier alpha value is -0.0300. The summed E-state index contributed by atoms with van der Waals surface area (Å²) in [6.07, 6.45) is 6.99. The van der Waals surface area contributed by atoms with E-state index in [1.165, 1.54) is 19.4 Å². The summed E-state index contributed by atoms with van der Waals surface area (Å²) in [6, 6.07) is 0.410. The highest BCUT2D eigenvalue weighted by Gasteiger charge is 2.25. The second kappa shape index (κ2) is 11.5. The first-order valence-corrected chi connectivity index (χ1v) is 8.03. The lowest BCUT2D eigenvalue weighted by molar-refractivity contribution is -0.126. The summed E-state index contributed by atoms with van der Waals surface area (Å²) < 4.78 is 0. The van der Waals surface area contributed by atoms with E-state index >= 15 is 0 Å². The molecule has 6 heteroatoms. The number of hydrogen-bond donors (Lipinski definition) is 2. The molecular formula is C15H31Cl2N3O. The molecule has 2 heterocycles. The normalized spacial score (nSPS) is 23.8. The average Bonchev–Trinajstić information content (AvgIpc) is 2.47. The lowest BCUT2D eigenvalue weighted by Gasteiger charge is -2.33. The van der Waals surface area contributed by atoms with Gasteiger partial charge in [-0.05, 0) is 45.2 Å². The first-order valence-electron chi connectivity index (χ1n) is 8.03. The van der Waals surface area contributed by atoms with Gasteiger partial charge in [0.1, 0.15) is 0 Å². The molecule has 0 saturated carbocycles. The van der Waals surface area contributed by atoms with E-state index in [1.807, 2.05) is 0 Å². The molecule has 0 aromatic heterocycles. The molecule has 1 atom stereocenters. The van der Waals surface area contributed by atoms with Crippen molar-refractivity contribution in [3.8, 4) is 0 Å². The quantitative estimate of drug-likeness (QED) is 0.807. The third-order valence-corrected chi connectivity index (χ3v) is 4.43. The molecular weight excluding hydrogens is 309 g/mol. The smallest absolute Gasteiger partial charge is 0.224 e. The van der Waals surface area contributed by atoms with Crippen molar-refractivity contribution in [2.24, 2.45) is 5.92 Å². The standard InChI is InChI=1S/C15H29N3O.2ClH/c1-2-3-9-18-10-6-14(7-11-18)17-15(19)13-5-4-8-16-12-13;;/h13-14,16H,2-12H2,1H3,(H,17,19);2*1H. The van der Waals surface area contributed by atoms with Crippen LogP contribution in [0.2, 0.25) is 0 Å². The van der Waals surface area contributed by atoms with Crippen LogP contribution >= 0.6 is 24.8 Å². The van der Waals surface area contributed by atoms with Crippen molar-refractivity contribution in [1.82, 2.24) is 15.5 Å². The zero-order chi connectivity index (χ0) is 13.5. The van der Waals surface area contributed by atoms with Gasteiger partial charge in [0.15, 0.2) is 0 Å². The number of hydrogen-bond acceptors (Lipinski definition) is 3. The van der Waals surface area contributed by atoms with Crippen molar-refractivity contribution in [3.05, 3.63) is 0 Å². The van der Waals surface area contributed by atoms with Crippen LogP contribution in [0.25, 0.3) is 0 Å². The molecule has 2 saturated heterocycles. The highest BCUT2D eigenvalue weighted by atomic mass is 35.5. The Kier molecular flexibility index (Phi) is 11.5. The predicted molar refractivity (Wildman–Crippen MR) is 92.6 cm³/mol. The number of amides is 1. The summed E-state index contributed by atoms with van der Waals surface area (Å²) >= 11 is 0. The third-order valence-electron chi connectivity index (χ3n) is 4.43. The molecule has 0 spiro atoms. The minimum Gasteiger partial charge on any atom is -0.353 e. The van der Waals surface area contributed by atoms with Crippen LogP contribution < -0.4 is 10.6 Å². The van der Waals surface area contributed by atoms with E-state index < -0.39 is 0 Å². The first kappa shape index (κ1) is 21.0. The lowest BCUT2D eigenvalue weighted by atomic mass is 9.97. The summed E-state index contributed by atoms with van der Waals surface area (Å²) in [5.74, 6) is 0.478. The molecule has 2 fully saturated rings. The van der Waals surface area contributed by atoms with E-state index in [-0.39, 0.29) is 36.6 Å². The molecule has 2 rings (SSSR count). The first-order chi connectivity index (χ1) is 9.29. The molecule has 0 aromatic carbocycles. The Balaban J connectivity index is 0.00000200. The Morgan fingerprint density at radius 1 is 1.24 bits per heavy atom. The largest absolute Gasteiger partial charge is 0.353 e. The molecule has 0 radical (unpaired) electrons. The molecule has 2 N–H and O–H groups in total. The second-order valence-corrected chi connectivity index (χ2v) is 6.02. The number of nitrogens with one attached hydrogen (secondary N) is 2. The minimum absolute atomic E-state index is 0. The van der Waals surface area contributed by atoms with Gasteiger partial charge >= 0.3 is 0 Å². The predicted octanol–water partition coefficient (Wildman–Crippen LogP) is 2.21. The SMILES string of the molecule is CCCCN1CCC(NC(=O)C2CCCNC2)CC1.Cl.Cl. The molecule has 1 unspecified atom stereocenters. The maximum absolute atomic E-state index is 12.2. The molecule has 0 aromatic rings. The van der Waals surface area contributed by atoms with Crippen LogP contribution in [-0.4, -0.2) is 49.6 Å². The monoisotopic (exact) mass is 339 g/mol. The Morgan fingerprint density at radius 3 is 2.52 bits per heavy atom. The van der Waals surface area contributed by atoms with Crippen LogP contribution in [0.5, 0.6) is 0 Å². The van der Waals surface area contributed by atoms with Gasteiger partial charge in [-0.25, -0.2) is 0 Å². The topological polar surface area (TPSA) is 44.4 Å². The van der Waals surface area contributed by atoms with Gasteiger partial charge in [0, 0.05) is 25.7 Å². The second-order valence-electron chi connectivity index (χ2n) is 6.02. The Morgan fingerprint density at radius 2 is 1.95 bits per heavy atom. The Labute approximate surface area is 141 Å². The fourth-order valence-electron chi connectivity index (χ4n) is 3.08. The zero-order valence-electron chi connectivity index (χ0n) is 13.1. The van der Waals surface area contributed by atoms with Crippen molar-refractivity contribution in [2.75, 3.05) is 32.7 Å². The number of nitrogens with zero attached hydrogens (tertiary/aromatic N) is 1. The van der Waals surface area contributed by atoms with E-state index in [9.17, 15) is 4.79 Å². The summed E-state index contributed by atoms with van der Waals surface area (Å²) in [7, 11) is 0. The highest BCUT2D eigenvalue weighted by Crippen LogP contribution is 2.14. The molecule has 0 bridgehead atoms. The fraction of sp³-hybridized carbons (Fsp3) is 0.933.